The normalized spacial score (nSPS) is 31.1. The number of rotatable bonds is 7. The third-order valence-electron chi connectivity index (χ3n) is 7.16. The number of methoxy groups -OCH3 is 1. The van der Waals surface area contributed by atoms with E-state index in [1.54, 1.807) is 7.11 Å². The molecule has 144 valence electrons. The molecule has 2 unspecified atom stereocenters. The van der Waals surface area contributed by atoms with Gasteiger partial charge in [-0.05, 0) is 84.9 Å². The summed E-state index contributed by atoms with van der Waals surface area (Å²) < 4.78 is 18.0. The number of fused-ring (bicyclic) bond motifs is 1. The summed E-state index contributed by atoms with van der Waals surface area (Å²) >= 11 is 3.63. The van der Waals surface area contributed by atoms with E-state index in [0.717, 1.165) is 28.0 Å². The zero-order valence-electron chi connectivity index (χ0n) is 15.9. The van der Waals surface area contributed by atoms with Crippen LogP contribution in [0.5, 0.6) is 5.75 Å². The Bertz CT molecular complexity index is 835. The molecule has 0 amide bonds. The molecule has 0 N–H and O–H groups in total. The first-order valence-corrected chi connectivity index (χ1v) is 10.9. The standard InChI is InChI=1S/C23H27BrO3/c1-25-4-5-26-14-27-22-11-17-2-3-20(24)9-18(17)10-21(22)23-12-15-6-16(13-23)8-19(23)7-15/h2-3,9-11,15-16,19H,4-8,12-14H2,1H3. The van der Waals surface area contributed by atoms with Gasteiger partial charge in [-0.25, -0.2) is 0 Å². The molecule has 4 saturated carbocycles. The molecule has 0 aromatic heterocycles. The largest absolute Gasteiger partial charge is 0.467 e. The van der Waals surface area contributed by atoms with Crippen LogP contribution in [0.1, 0.15) is 37.7 Å². The van der Waals surface area contributed by atoms with E-state index in [0.29, 0.717) is 18.6 Å². The van der Waals surface area contributed by atoms with Gasteiger partial charge < -0.3 is 14.2 Å². The molecule has 3 nitrogen and oxygen atoms in total. The minimum Gasteiger partial charge on any atom is -0.467 e. The lowest BCUT2D eigenvalue weighted by atomic mass is 9.70. The van der Waals surface area contributed by atoms with Crippen LogP contribution >= 0.6 is 15.9 Å². The minimum absolute atomic E-state index is 0.284. The van der Waals surface area contributed by atoms with E-state index >= 15 is 0 Å². The molecule has 2 atom stereocenters. The van der Waals surface area contributed by atoms with Gasteiger partial charge in [-0.15, -0.1) is 0 Å². The van der Waals surface area contributed by atoms with Crippen molar-refractivity contribution in [2.75, 3.05) is 27.1 Å². The highest BCUT2D eigenvalue weighted by Crippen LogP contribution is 2.67. The Labute approximate surface area is 169 Å². The lowest BCUT2D eigenvalue weighted by Crippen LogP contribution is -2.28. The molecule has 0 aliphatic heterocycles. The Hall–Kier alpha value is -1.10. The smallest absolute Gasteiger partial charge is 0.189 e. The summed E-state index contributed by atoms with van der Waals surface area (Å²) in [5.74, 6) is 3.70. The molecule has 0 heterocycles. The summed E-state index contributed by atoms with van der Waals surface area (Å²) in [6.45, 7) is 1.44. The zero-order valence-corrected chi connectivity index (χ0v) is 17.5. The van der Waals surface area contributed by atoms with E-state index in [1.807, 2.05) is 0 Å². The van der Waals surface area contributed by atoms with Gasteiger partial charge in [0.1, 0.15) is 5.75 Å². The fourth-order valence-electron chi connectivity index (χ4n) is 6.30. The second kappa shape index (κ2) is 7.06. The van der Waals surface area contributed by atoms with Gasteiger partial charge in [0.2, 0.25) is 0 Å². The second-order valence-electron chi connectivity index (χ2n) is 8.70. The number of halogens is 1. The Morgan fingerprint density at radius 1 is 1.00 bits per heavy atom. The first-order chi connectivity index (χ1) is 13.2. The van der Waals surface area contributed by atoms with Crippen LogP contribution in [0.15, 0.2) is 34.8 Å². The Kier molecular flexibility index (Phi) is 4.69. The van der Waals surface area contributed by atoms with E-state index in [2.05, 4.69) is 46.3 Å². The summed E-state index contributed by atoms with van der Waals surface area (Å²) in [6, 6.07) is 11.1. The fourth-order valence-corrected chi connectivity index (χ4v) is 6.68. The van der Waals surface area contributed by atoms with Gasteiger partial charge >= 0.3 is 0 Å². The van der Waals surface area contributed by atoms with Crippen LogP contribution in [0.3, 0.4) is 0 Å². The molecule has 6 rings (SSSR count). The van der Waals surface area contributed by atoms with Crippen LogP contribution in [0.25, 0.3) is 10.8 Å². The van der Waals surface area contributed by atoms with Crippen molar-refractivity contribution in [3.8, 4) is 5.75 Å². The number of hydrogen-bond donors (Lipinski definition) is 0. The highest BCUT2D eigenvalue weighted by atomic mass is 79.9. The number of benzene rings is 2. The Morgan fingerprint density at radius 3 is 2.59 bits per heavy atom. The molecule has 4 bridgehead atoms. The third kappa shape index (κ3) is 3.10. The molecule has 2 aromatic rings. The van der Waals surface area contributed by atoms with E-state index < -0.39 is 0 Å². The molecule has 4 aliphatic carbocycles. The second-order valence-corrected chi connectivity index (χ2v) is 9.62. The van der Waals surface area contributed by atoms with Crippen LogP contribution in [0.2, 0.25) is 0 Å². The van der Waals surface area contributed by atoms with Gasteiger partial charge in [-0.2, -0.15) is 0 Å². The molecule has 0 radical (unpaired) electrons. The quantitative estimate of drug-likeness (QED) is 0.417. The molecule has 0 spiro atoms. The van der Waals surface area contributed by atoms with Crippen molar-refractivity contribution in [1.29, 1.82) is 0 Å². The Balaban J connectivity index is 1.52. The highest BCUT2D eigenvalue weighted by molar-refractivity contribution is 9.10. The van der Waals surface area contributed by atoms with E-state index in [1.165, 1.54) is 48.4 Å². The fraction of sp³-hybridized carbons (Fsp3) is 0.565. The first-order valence-electron chi connectivity index (χ1n) is 10.1. The molecule has 4 aliphatic rings. The Morgan fingerprint density at radius 2 is 1.81 bits per heavy atom. The monoisotopic (exact) mass is 430 g/mol. The van der Waals surface area contributed by atoms with Crippen molar-refractivity contribution in [2.24, 2.45) is 17.8 Å². The van der Waals surface area contributed by atoms with Crippen LogP contribution in [0, 0.1) is 17.8 Å². The minimum atomic E-state index is 0.284. The van der Waals surface area contributed by atoms with Gasteiger partial charge in [0, 0.05) is 22.6 Å². The van der Waals surface area contributed by atoms with Crippen LogP contribution in [-0.2, 0) is 14.9 Å². The van der Waals surface area contributed by atoms with Crippen molar-refractivity contribution >= 4 is 26.7 Å². The van der Waals surface area contributed by atoms with Crippen LogP contribution in [-0.4, -0.2) is 27.1 Å². The lowest BCUT2D eigenvalue weighted by Gasteiger charge is -2.35. The summed E-state index contributed by atoms with van der Waals surface area (Å²) in [5.41, 5.74) is 1.75. The van der Waals surface area contributed by atoms with Crippen molar-refractivity contribution < 1.29 is 14.2 Å². The maximum absolute atomic E-state index is 6.20. The summed E-state index contributed by atoms with van der Waals surface area (Å²) in [7, 11) is 1.69. The van der Waals surface area contributed by atoms with Crippen molar-refractivity contribution in [2.45, 2.75) is 37.5 Å². The number of ether oxygens (including phenoxy) is 3. The predicted molar refractivity (Wildman–Crippen MR) is 110 cm³/mol. The van der Waals surface area contributed by atoms with Crippen molar-refractivity contribution in [1.82, 2.24) is 0 Å². The predicted octanol–water partition coefficient (Wildman–Crippen LogP) is 5.68. The van der Waals surface area contributed by atoms with Gasteiger partial charge in [-0.3, -0.25) is 0 Å². The average Bonchev–Trinajstić information content (AvgIpc) is 3.05. The first kappa shape index (κ1) is 18.0. The molecule has 2 aromatic carbocycles. The maximum Gasteiger partial charge on any atom is 0.189 e. The van der Waals surface area contributed by atoms with Crippen LogP contribution in [0.4, 0.5) is 0 Å². The SMILES string of the molecule is COCCOCOc1cc2ccc(Br)cc2cc1C12CC3CC(CC1C3)C2. The topological polar surface area (TPSA) is 27.7 Å². The van der Waals surface area contributed by atoms with E-state index in [4.69, 9.17) is 14.2 Å². The van der Waals surface area contributed by atoms with Crippen molar-refractivity contribution in [3.05, 3.63) is 40.4 Å². The van der Waals surface area contributed by atoms with E-state index in [-0.39, 0.29) is 6.79 Å². The van der Waals surface area contributed by atoms with Gasteiger partial charge in [0.25, 0.3) is 0 Å². The number of hydrogen-bond acceptors (Lipinski definition) is 3. The molecule has 4 fully saturated rings. The summed E-state index contributed by atoms with van der Waals surface area (Å²) in [5, 5.41) is 2.52. The molecule has 0 saturated heterocycles. The molecule has 27 heavy (non-hydrogen) atoms. The zero-order chi connectivity index (χ0) is 18.4. The summed E-state index contributed by atoms with van der Waals surface area (Å²) in [4.78, 5) is 0. The van der Waals surface area contributed by atoms with Crippen molar-refractivity contribution in [3.63, 3.8) is 0 Å². The molecule has 4 heteroatoms. The van der Waals surface area contributed by atoms with Gasteiger partial charge in [0.05, 0.1) is 13.2 Å². The lowest BCUT2D eigenvalue weighted by molar-refractivity contribution is -0.00943. The highest BCUT2D eigenvalue weighted by Gasteiger charge is 2.59. The molecular weight excluding hydrogens is 404 g/mol. The van der Waals surface area contributed by atoms with Crippen LogP contribution < -0.4 is 4.74 Å². The third-order valence-corrected chi connectivity index (χ3v) is 7.65. The van der Waals surface area contributed by atoms with E-state index in [9.17, 15) is 0 Å². The van der Waals surface area contributed by atoms with Gasteiger partial charge in [-0.1, -0.05) is 22.0 Å². The maximum atomic E-state index is 6.20. The summed E-state index contributed by atoms with van der Waals surface area (Å²) in [6.07, 6.45) is 6.96. The van der Waals surface area contributed by atoms with Gasteiger partial charge in [0.15, 0.2) is 6.79 Å². The molecular formula is C23H27BrO3. The average molecular weight is 431 g/mol.